The summed E-state index contributed by atoms with van der Waals surface area (Å²) in [4.78, 5) is 25.2. The van der Waals surface area contributed by atoms with Crippen LogP contribution in [0.1, 0.15) is 26.2 Å². The number of carbonyl (C=O) groups excluding carboxylic acids is 1. The lowest BCUT2D eigenvalue weighted by molar-refractivity contribution is -0.384. The fourth-order valence-electron chi connectivity index (χ4n) is 1.64. The van der Waals surface area contributed by atoms with Crippen molar-refractivity contribution in [3.63, 3.8) is 0 Å². The first-order chi connectivity index (χ1) is 9.54. The van der Waals surface area contributed by atoms with Crippen molar-refractivity contribution in [1.82, 2.24) is 4.98 Å². The molecule has 20 heavy (non-hydrogen) atoms. The molecule has 0 atom stereocenters. The van der Waals surface area contributed by atoms with Gasteiger partial charge in [-0.15, -0.1) is 0 Å². The van der Waals surface area contributed by atoms with Crippen LogP contribution in [0.15, 0.2) is 12.1 Å². The van der Waals surface area contributed by atoms with Crippen LogP contribution in [0.25, 0.3) is 0 Å². The van der Waals surface area contributed by atoms with Crippen LogP contribution in [0.4, 0.5) is 17.3 Å². The van der Waals surface area contributed by atoms with Crippen molar-refractivity contribution in [1.29, 1.82) is 0 Å². The standard InChI is InChI=1S/C12H19N5O3/c1-2-14-11-7-6-9(17(19)20)12(16-11)15-8-4-3-5-10(13)18/h6-7H,2-5,8H2,1H3,(H2,13,18)(H2,14,15,16). The van der Waals surface area contributed by atoms with Gasteiger partial charge in [-0.3, -0.25) is 14.9 Å². The predicted octanol–water partition coefficient (Wildman–Crippen LogP) is 1.49. The Kier molecular flexibility index (Phi) is 6.21. The Morgan fingerprint density at radius 1 is 1.40 bits per heavy atom. The number of nitro groups is 1. The Balaban J connectivity index is 2.62. The van der Waals surface area contributed by atoms with E-state index in [9.17, 15) is 14.9 Å². The summed E-state index contributed by atoms with van der Waals surface area (Å²) in [6, 6.07) is 2.98. The number of carbonyl (C=O) groups is 1. The second kappa shape index (κ2) is 7.93. The van der Waals surface area contributed by atoms with Crippen LogP contribution in [-0.2, 0) is 4.79 Å². The van der Waals surface area contributed by atoms with Crippen molar-refractivity contribution in [3.05, 3.63) is 22.2 Å². The van der Waals surface area contributed by atoms with Crippen molar-refractivity contribution in [2.75, 3.05) is 23.7 Å². The van der Waals surface area contributed by atoms with Gasteiger partial charge in [-0.25, -0.2) is 4.98 Å². The molecular formula is C12H19N5O3. The Morgan fingerprint density at radius 3 is 2.75 bits per heavy atom. The Labute approximate surface area is 116 Å². The lowest BCUT2D eigenvalue weighted by atomic mass is 10.2. The number of nitrogens with two attached hydrogens (primary N) is 1. The van der Waals surface area contributed by atoms with Crippen LogP contribution < -0.4 is 16.4 Å². The van der Waals surface area contributed by atoms with E-state index >= 15 is 0 Å². The highest BCUT2D eigenvalue weighted by molar-refractivity contribution is 5.73. The molecule has 0 aliphatic carbocycles. The second-order valence-corrected chi connectivity index (χ2v) is 4.20. The van der Waals surface area contributed by atoms with Gasteiger partial charge >= 0.3 is 5.69 Å². The SMILES string of the molecule is CCNc1ccc([N+](=O)[O-])c(NCCCCC(N)=O)n1. The van der Waals surface area contributed by atoms with E-state index < -0.39 is 4.92 Å². The zero-order valence-electron chi connectivity index (χ0n) is 11.4. The molecule has 110 valence electrons. The second-order valence-electron chi connectivity index (χ2n) is 4.20. The highest BCUT2D eigenvalue weighted by atomic mass is 16.6. The molecule has 8 heteroatoms. The van der Waals surface area contributed by atoms with Gasteiger partial charge in [-0.2, -0.15) is 0 Å². The van der Waals surface area contributed by atoms with E-state index in [0.717, 1.165) is 0 Å². The summed E-state index contributed by atoms with van der Waals surface area (Å²) >= 11 is 0. The van der Waals surface area contributed by atoms with Crippen LogP contribution in [0, 0.1) is 10.1 Å². The molecule has 0 radical (unpaired) electrons. The van der Waals surface area contributed by atoms with Crippen LogP contribution in [0.2, 0.25) is 0 Å². The maximum Gasteiger partial charge on any atom is 0.311 e. The van der Waals surface area contributed by atoms with Crippen LogP contribution in [0.3, 0.4) is 0 Å². The minimum Gasteiger partial charge on any atom is -0.370 e. The quantitative estimate of drug-likeness (QED) is 0.358. The van der Waals surface area contributed by atoms with Crippen LogP contribution >= 0.6 is 0 Å². The number of rotatable bonds is 9. The minimum atomic E-state index is -0.478. The molecule has 0 spiro atoms. The maximum atomic E-state index is 10.9. The molecule has 0 aliphatic heterocycles. The summed E-state index contributed by atoms with van der Waals surface area (Å²) in [7, 11) is 0. The Bertz CT molecular complexity index is 478. The topological polar surface area (TPSA) is 123 Å². The van der Waals surface area contributed by atoms with E-state index in [-0.39, 0.29) is 17.4 Å². The number of unbranched alkanes of at least 4 members (excludes halogenated alkanes) is 1. The van der Waals surface area contributed by atoms with Gasteiger partial charge in [0.15, 0.2) is 0 Å². The van der Waals surface area contributed by atoms with Crippen molar-refractivity contribution < 1.29 is 9.72 Å². The largest absolute Gasteiger partial charge is 0.370 e. The first kappa shape index (κ1) is 15.7. The van der Waals surface area contributed by atoms with Crippen molar-refractivity contribution in [2.45, 2.75) is 26.2 Å². The summed E-state index contributed by atoms with van der Waals surface area (Å²) in [5.41, 5.74) is 4.97. The number of pyridine rings is 1. The van der Waals surface area contributed by atoms with E-state index in [1.807, 2.05) is 6.92 Å². The molecule has 1 aromatic rings. The molecule has 0 saturated heterocycles. The van der Waals surface area contributed by atoms with Crippen molar-refractivity contribution in [2.24, 2.45) is 5.73 Å². The average molecular weight is 281 g/mol. The van der Waals surface area contributed by atoms with E-state index in [1.165, 1.54) is 6.07 Å². The summed E-state index contributed by atoms with van der Waals surface area (Å²) in [6.45, 7) is 3.10. The van der Waals surface area contributed by atoms with Gasteiger partial charge in [0, 0.05) is 25.6 Å². The summed E-state index contributed by atoms with van der Waals surface area (Å²) in [5, 5.41) is 16.8. The zero-order chi connectivity index (χ0) is 15.0. The minimum absolute atomic E-state index is 0.0680. The summed E-state index contributed by atoms with van der Waals surface area (Å²) in [6.07, 6.45) is 1.64. The molecule has 4 N–H and O–H groups in total. The number of nitrogens with one attached hydrogen (secondary N) is 2. The third kappa shape index (κ3) is 5.09. The van der Waals surface area contributed by atoms with Crippen molar-refractivity contribution in [3.8, 4) is 0 Å². The molecule has 8 nitrogen and oxygen atoms in total. The normalized spacial score (nSPS) is 10.1. The van der Waals surface area contributed by atoms with Crippen LogP contribution in [-0.4, -0.2) is 28.9 Å². The molecular weight excluding hydrogens is 262 g/mol. The van der Waals surface area contributed by atoms with Gasteiger partial charge < -0.3 is 16.4 Å². The Morgan fingerprint density at radius 2 is 2.15 bits per heavy atom. The molecule has 1 heterocycles. The number of primary amides is 1. The van der Waals surface area contributed by atoms with Gasteiger partial charge in [0.1, 0.15) is 5.82 Å². The molecule has 1 amide bonds. The average Bonchev–Trinajstić information content (AvgIpc) is 2.38. The number of aromatic nitrogens is 1. The summed E-state index contributed by atoms with van der Waals surface area (Å²) in [5.74, 6) is 0.466. The molecule has 0 aliphatic rings. The third-order valence-electron chi connectivity index (χ3n) is 2.57. The monoisotopic (exact) mass is 281 g/mol. The number of hydrogen-bond donors (Lipinski definition) is 3. The number of amides is 1. The van der Waals surface area contributed by atoms with E-state index in [1.54, 1.807) is 6.07 Å². The van der Waals surface area contributed by atoms with Gasteiger partial charge in [-0.1, -0.05) is 0 Å². The highest BCUT2D eigenvalue weighted by Gasteiger charge is 2.15. The van der Waals surface area contributed by atoms with E-state index in [2.05, 4.69) is 15.6 Å². The van der Waals surface area contributed by atoms with E-state index in [0.29, 0.717) is 38.2 Å². The maximum absolute atomic E-state index is 10.9. The fraction of sp³-hybridized carbons (Fsp3) is 0.500. The van der Waals surface area contributed by atoms with Gasteiger partial charge in [0.25, 0.3) is 0 Å². The third-order valence-corrected chi connectivity index (χ3v) is 2.57. The number of hydrogen-bond acceptors (Lipinski definition) is 6. The molecule has 0 bridgehead atoms. The van der Waals surface area contributed by atoms with Gasteiger partial charge in [0.05, 0.1) is 4.92 Å². The van der Waals surface area contributed by atoms with E-state index in [4.69, 9.17) is 5.73 Å². The number of anilines is 2. The molecule has 0 aromatic carbocycles. The molecule has 1 aromatic heterocycles. The smallest absolute Gasteiger partial charge is 0.311 e. The first-order valence-corrected chi connectivity index (χ1v) is 6.46. The van der Waals surface area contributed by atoms with Crippen molar-refractivity contribution >= 4 is 23.2 Å². The highest BCUT2D eigenvalue weighted by Crippen LogP contribution is 2.23. The Hall–Kier alpha value is -2.38. The first-order valence-electron chi connectivity index (χ1n) is 6.46. The van der Waals surface area contributed by atoms with Gasteiger partial charge in [0.2, 0.25) is 11.7 Å². The zero-order valence-corrected chi connectivity index (χ0v) is 11.4. The van der Waals surface area contributed by atoms with Crippen LogP contribution in [0.5, 0.6) is 0 Å². The summed E-state index contributed by atoms with van der Waals surface area (Å²) < 4.78 is 0. The fourth-order valence-corrected chi connectivity index (χ4v) is 1.64. The molecule has 1 rings (SSSR count). The van der Waals surface area contributed by atoms with Gasteiger partial charge in [-0.05, 0) is 25.8 Å². The molecule has 0 fully saturated rings. The predicted molar refractivity (Wildman–Crippen MR) is 76.6 cm³/mol. The molecule has 0 unspecified atom stereocenters. The number of nitrogens with zero attached hydrogens (tertiary/aromatic N) is 2. The lowest BCUT2D eigenvalue weighted by Gasteiger charge is -2.08. The molecule has 0 saturated carbocycles. The lowest BCUT2D eigenvalue weighted by Crippen LogP contribution is -2.12.